The van der Waals surface area contributed by atoms with E-state index >= 15 is 0 Å². The highest BCUT2D eigenvalue weighted by Crippen LogP contribution is 2.16. The monoisotopic (exact) mass is 270 g/mol. The Morgan fingerprint density at radius 1 is 1.21 bits per heavy atom. The largest absolute Gasteiger partial charge is 0.452 e. The number of hydrazone groups is 1. The summed E-state index contributed by atoms with van der Waals surface area (Å²) in [6.07, 6.45) is -0.826. The molecule has 0 aromatic carbocycles. The van der Waals surface area contributed by atoms with E-state index in [2.05, 4.69) is 9.84 Å². The Morgan fingerprint density at radius 2 is 1.68 bits per heavy atom. The maximum absolute atomic E-state index is 11.9. The van der Waals surface area contributed by atoms with Crippen LogP contribution in [-0.4, -0.2) is 60.7 Å². The molecule has 0 radical (unpaired) electrons. The van der Waals surface area contributed by atoms with Crippen LogP contribution in [0.4, 0.5) is 9.59 Å². The summed E-state index contributed by atoms with van der Waals surface area (Å²) >= 11 is 0. The average molecular weight is 270 g/mol. The van der Waals surface area contributed by atoms with Crippen LogP contribution in [0.5, 0.6) is 0 Å². The minimum Gasteiger partial charge on any atom is -0.452 e. The van der Waals surface area contributed by atoms with Gasteiger partial charge in [-0.15, -0.1) is 0 Å². The van der Waals surface area contributed by atoms with Crippen molar-refractivity contribution in [3.63, 3.8) is 0 Å². The lowest BCUT2D eigenvalue weighted by molar-refractivity contribution is -0.144. The highest BCUT2D eigenvalue weighted by Gasteiger charge is 2.44. The molecule has 0 aromatic heterocycles. The lowest BCUT2D eigenvalue weighted by Crippen LogP contribution is -2.58. The zero-order valence-electron chi connectivity index (χ0n) is 11.0. The van der Waals surface area contributed by atoms with Gasteiger partial charge in [-0.2, -0.15) is 5.10 Å². The number of methoxy groups -OCH3 is 1. The van der Waals surface area contributed by atoms with Crippen LogP contribution in [0.15, 0.2) is 5.10 Å². The van der Waals surface area contributed by atoms with Gasteiger partial charge in [0.2, 0.25) is 11.8 Å². The van der Waals surface area contributed by atoms with Crippen LogP contribution in [0.25, 0.3) is 0 Å². The number of hydrogen-bond acceptors (Lipinski definition) is 6. The molecule has 19 heavy (non-hydrogen) atoms. The van der Waals surface area contributed by atoms with Crippen molar-refractivity contribution in [3.05, 3.63) is 0 Å². The smallest absolute Gasteiger partial charge is 0.427 e. The second-order valence-electron chi connectivity index (χ2n) is 3.87. The molecule has 1 N–H and O–H groups in total. The summed E-state index contributed by atoms with van der Waals surface area (Å²) < 4.78 is 4.30. The number of barbiturate groups is 1. The number of urea groups is 1. The average Bonchev–Trinajstić information content (AvgIpc) is 2.40. The molecule has 9 nitrogen and oxygen atoms in total. The van der Waals surface area contributed by atoms with E-state index in [1.54, 1.807) is 0 Å². The van der Waals surface area contributed by atoms with E-state index in [0.29, 0.717) is 0 Å². The summed E-state index contributed by atoms with van der Waals surface area (Å²) in [5, 5.41) is 3.60. The predicted molar refractivity (Wildman–Crippen MR) is 63.1 cm³/mol. The van der Waals surface area contributed by atoms with Gasteiger partial charge in [-0.1, -0.05) is 0 Å². The molecule has 0 bridgehead atoms. The molecule has 0 aliphatic carbocycles. The van der Waals surface area contributed by atoms with Crippen LogP contribution in [0, 0.1) is 5.92 Å². The first-order chi connectivity index (χ1) is 8.81. The van der Waals surface area contributed by atoms with Crippen LogP contribution in [0.1, 0.15) is 6.92 Å². The summed E-state index contributed by atoms with van der Waals surface area (Å²) in [5.74, 6) is -2.62. The Hall–Kier alpha value is -2.45. The molecule has 0 saturated carbocycles. The number of amides is 5. The highest BCUT2D eigenvalue weighted by molar-refractivity contribution is 6.26. The normalized spacial score (nSPS) is 17.9. The number of carbonyl (C=O) groups is 4. The Morgan fingerprint density at radius 3 is 2.11 bits per heavy atom. The van der Waals surface area contributed by atoms with Crippen LogP contribution in [-0.2, 0) is 14.3 Å². The van der Waals surface area contributed by atoms with Gasteiger partial charge in [0.25, 0.3) is 0 Å². The Bertz CT molecular complexity index is 449. The zero-order valence-corrected chi connectivity index (χ0v) is 11.0. The Balaban J connectivity index is 2.97. The fraction of sp³-hybridized carbons (Fsp3) is 0.500. The summed E-state index contributed by atoms with van der Waals surface area (Å²) in [5.41, 5.74) is 2.07. The van der Waals surface area contributed by atoms with Crippen molar-refractivity contribution in [1.82, 2.24) is 15.2 Å². The molecule has 0 aromatic rings. The molecule has 104 valence electrons. The first kappa shape index (κ1) is 14.6. The fourth-order valence-corrected chi connectivity index (χ4v) is 1.51. The molecule has 1 rings (SSSR count). The van der Waals surface area contributed by atoms with Crippen molar-refractivity contribution < 1.29 is 23.9 Å². The van der Waals surface area contributed by atoms with E-state index in [1.807, 2.05) is 5.43 Å². The number of carbonyl (C=O) groups excluding carboxylic acids is 4. The molecule has 1 aliphatic heterocycles. The standard InChI is InChI=1S/C10H14N4O5/c1-5(11-12-9(17)19-4)6-7(15)13(2)10(18)14(3)8(6)16/h6H,1-4H3,(H,12,17)/b11-5+. The third-order valence-electron chi connectivity index (χ3n) is 2.66. The summed E-state index contributed by atoms with van der Waals surface area (Å²) in [4.78, 5) is 47.8. The van der Waals surface area contributed by atoms with Gasteiger partial charge in [0.15, 0.2) is 5.92 Å². The minimum atomic E-state index is -1.23. The molecule has 9 heteroatoms. The molecule has 1 aliphatic rings. The zero-order chi connectivity index (χ0) is 14.7. The van der Waals surface area contributed by atoms with Crippen molar-refractivity contribution >= 4 is 29.7 Å². The van der Waals surface area contributed by atoms with E-state index in [-0.39, 0.29) is 5.71 Å². The molecule has 1 saturated heterocycles. The fourth-order valence-electron chi connectivity index (χ4n) is 1.51. The van der Waals surface area contributed by atoms with Crippen LogP contribution in [0.2, 0.25) is 0 Å². The van der Waals surface area contributed by atoms with E-state index in [0.717, 1.165) is 16.9 Å². The van der Waals surface area contributed by atoms with Gasteiger partial charge >= 0.3 is 12.1 Å². The lowest BCUT2D eigenvalue weighted by Gasteiger charge is -2.32. The molecule has 0 spiro atoms. The highest BCUT2D eigenvalue weighted by atomic mass is 16.5. The van der Waals surface area contributed by atoms with Gasteiger partial charge < -0.3 is 4.74 Å². The van der Waals surface area contributed by atoms with E-state index in [1.165, 1.54) is 21.0 Å². The lowest BCUT2D eigenvalue weighted by atomic mass is 9.99. The molecular weight excluding hydrogens is 256 g/mol. The second kappa shape index (κ2) is 5.46. The summed E-state index contributed by atoms with van der Waals surface area (Å²) in [7, 11) is 3.68. The maximum Gasteiger partial charge on any atom is 0.427 e. The number of hydrogen-bond donors (Lipinski definition) is 1. The number of rotatable bonds is 2. The number of nitrogens with zero attached hydrogens (tertiary/aromatic N) is 3. The quantitative estimate of drug-likeness (QED) is 0.409. The number of ether oxygens (including phenoxy) is 1. The van der Waals surface area contributed by atoms with Gasteiger partial charge in [-0.3, -0.25) is 19.4 Å². The molecule has 5 amide bonds. The first-order valence-corrected chi connectivity index (χ1v) is 5.28. The third-order valence-corrected chi connectivity index (χ3v) is 2.66. The number of imide groups is 2. The Labute approximate surface area is 109 Å². The third kappa shape index (κ3) is 2.69. The van der Waals surface area contributed by atoms with Crippen LogP contribution < -0.4 is 5.43 Å². The van der Waals surface area contributed by atoms with Crippen molar-refractivity contribution in [3.8, 4) is 0 Å². The van der Waals surface area contributed by atoms with Gasteiger partial charge in [-0.05, 0) is 6.92 Å². The first-order valence-electron chi connectivity index (χ1n) is 5.28. The van der Waals surface area contributed by atoms with Crippen molar-refractivity contribution in [2.45, 2.75) is 6.92 Å². The van der Waals surface area contributed by atoms with E-state index in [4.69, 9.17) is 0 Å². The van der Waals surface area contributed by atoms with E-state index in [9.17, 15) is 19.2 Å². The van der Waals surface area contributed by atoms with Gasteiger partial charge in [-0.25, -0.2) is 15.0 Å². The molecule has 1 heterocycles. The summed E-state index contributed by atoms with van der Waals surface area (Å²) in [6.45, 7) is 1.40. The minimum absolute atomic E-state index is 0.0617. The number of nitrogens with one attached hydrogen (secondary N) is 1. The van der Waals surface area contributed by atoms with Crippen LogP contribution >= 0.6 is 0 Å². The molecule has 1 fully saturated rings. The Kier molecular flexibility index (Phi) is 4.20. The van der Waals surface area contributed by atoms with Gasteiger partial charge in [0.05, 0.1) is 12.8 Å². The molecule has 0 unspecified atom stereocenters. The van der Waals surface area contributed by atoms with Gasteiger partial charge in [0, 0.05) is 14.1 Å². The van der Waals surface area contributed by atoms with Gasteiger partial charge in [0.1, 0.15) is 0 Å². The van der Waals surface area contributed by atoms with Crippen LogP contribution in [0.3, 0.4) is 0 Å². The van der Waals surface area contributed by atoms with E-state index < -0.39 is 29.9 Å². The van der Waals surface area contributed by atoms with Crippen molar-refractivity contribution in [2.24, 2.45) is 11.0 Å². The maximum atomic E-state index is 11.9. The second-order valence-corrected chi connectivity index (χ2v) is 3.87. The topological polar surface area (TPSA) is 108 Å². The van der Waals surface area contributed by atoms with Crippen molar-refractivity contribution in [1.29, 1.82) is 0 Å². The van der Waals surface area contributed by atoms with Crippen molar-refractivity contribution in [2.75, 3.05) is 21.2 Å². The molecular formula is C10H14N4O5. The SMILES string of the molecule is COC(=O)N/N=C(\C)C1C(=O)N(C)C(=O)N(C)C1=O. The molecule has 0 atom stereocenters. The predicted octanol–water partition coefficient (Wildman–Crippen LogP) is -0.615. The summed E-state index contributed by atoms with van der Waals surface area (Å²) in [6, 6.07) is -0.708.